The summed E-state index contributed by atoms with van der Waals surface area (Å²) in [5, 5.41) is 10.9. The van der Waals surface area contributed by atoms with Crippen LogP contribution >= 0.6 is 0 Å². The molecule has 0 saturated heterocycles. The van der Waals surface area contributed by atoms with Gasteiger partial charge in [-0.1, -0.05) is 6.42 Å². The van der Waals surface area contributed by atoms with Gasteiger partial charge in [0.2, 0.25) is 5.91 Å². The lowest BCUT2D eigenvalue weighted by atomic mass is 9.86. The third-order valence-electron chi connectivity index (χ3n) is 5.46. The summed E-state index contributed by atoms with van der Waals surface area (Å²) in [4.78, 5) is 24.6. The maximum atomic E-state index is 12.5. The Hall–Kier alpha value is -1.91. The highest BCUT2D eigenvalue weighted by atomic mass is 16.6. The molecule has 3 unspecified atom stereocenters. The minimum Gasteiger partial charge on any atom is -0.315 e. The van der Waals surface area contributed by atoms with Crippen molar-refractivity contribution in [1.82, 2.24) is 0 Å². The summed E-state index contributed by atoms with van der Waals surface area (Å²) in [6.45, 7) is 1.70. The molecule has 0 spiro atoms. The zero-order chi connectivity index (χ0) is 15.9. The van der Waals surface area contributed by atoms with Gasteiger partial charge in [-0.05, 0) is 56.1 Å². The first-order valence-electron chi connectivity index (χ1n) is 7.97. The molecule has 1 aromatic carbocycles. The molecule has 2 saturated carbocycles. The standard InChI is InChI=1S/C17H22N2O3/c1-11-7-15(5-6-16(11)19(21)22)18(2)17(20)10-14-9-12-3-4-13(14)8-12/h5-7,12-14H,3-4,8-10H2,1-2H3. The van der Waals surface area contributed by atoms with Crippen molar-refractivity contribution in [3.05, 3.63) is 33.9 Å². The number of nitro benzene ring substituents is 1. The highest BCUT2D eigenvalue weighted by Gasteiger charge is 2.40. The number of nitrogens with zero attached hydrogens (tertiary/aromatic N) is 2. The molecule has 1 amide bonds. The molecule has 5 nitrogen and oxygen atoms in total. The SMILES string of the molecule is Cc1cc(N(C)C(=O)CC2CC3CCC2C3)ccc1[N+](=O)[O-]. The van der Waals surface area contributed by atoms with E-state index in [1.807, 2.05) is 0 Å². The minimum atomic E-state index is -0.393. The number of aryl methyl sites for hydroxylation is 1. The van der Waals surface area contributed by atoms with Gasteiger partial charge in [0.1, 0.15) is 0 Å². The van der Waals surface area contributed by atoms with Gasteiger partial charge >= 0.3 is 0 Å². The Balaban J connectivity index is 1.68. The molecule has 2 fully saturated rings. The van der Waals surface area contributed by atoms with E-state index in [-0.39, 0.29) is 11.6 Å². The Kier molecular flexibility index (Phi) is 3.89. The zero-order valence-electron chi connectivity index (χ0n) is 13.1. The van der Waals surface area contributed by atoms with Crippen LogP contribution in [0.4, 0.5) is 11.4 Å². The van der Waals surface area contributed by atoms with Crippen molar-refractivity contribution < 1.29 is 9.72 Å². The fraction of sp³-hybridized carbons (Fsp3) is 0.588. The highest BCUT2D eigenvalue weighted by molar-refractivity contribution is 5.93. The number of hydrogen-bond acceptors (Lipinski definition) is 3. The van der Waals surface area contributed by atoms with E-state index in [1.54, 1.807) is 31.0 Å². The lowest BCUT2D eigenvalue weighted by Gasteiger charge is -2.24. The number of hydrogen-bond donors (Lipinski definition) is 0. The van der Waals surface area contributed by atoms with E-state index in [4.69, 9.17) is 0 Å². The Bertz CT molecular complexity index is 614. The summed E-state index contributed by atoms with van der Waals surface area (Å²) in [5.74, 6) is 2.23. The molecule has 0 aliphatic heterocycles. The first kappa shape index (κ1) is 15.0. The van der Waals surface area contributed by atoms with Gasteiger partial charge in [-0.25, -0.2) is 0 Å². The van der Waals surface area contributed by atoms with Gasteiger partial charge in [-0.3, -0.25) is 14.9 Å². The number of carbonyl (C=O) groups excluding carboxylic acids is 1. The summed E-state index contributed by atoms with van der Waals surface area (Å²) in [7, 11) is 1.76. The van der Waals surface area contributed by atoms with Crippen LogP contribution in [0.2, 0.25) is 0 Å². The first-order valence-corrected chi connectivity index (χ1v) is 7.97. The number of benzene rings is 1. The number of carbonyl (C=O) groups is 1. The third-order valence-corrected chi connectivity index (χ3v) is 5.46. The summed E-state index contributed by atoms with van der Waals surface area (Å²) >= 11 is 0. The van der Waals surface area contributed by atoms with Gasteiger partial charge in [0.25, 0.3) is 5.69 Å². The Morgan fingerprint density at radius 3 is 2.68 bits per heavy atom. The van der Waals surface area contributed by atoms with Crippen molar-refractivity contribution in [2.75, 3.05) is 11.9 Å². The molecular formula is C17H22N2O3. The van der Waals surface area contributed by atoms with Crippen molar-refractivity contribution in [3.8, 4) is 0 Å². The molecule has 0 radical (unpaired) electrons. The fourth-order valence-electron chi connectivity index (χ4n) is 4.18. The third kappa shape index (κ3) is 2.72. The van der Waals surface area contributed by atoms with Crippen LogP contribution in [0.25, 0.3) is 0 Å². The number of rotatable bonds is 4. The summed E-state index contributed by atoms with van der Waals surface area (Å²) in [6.07, 6.45) is 5.73. The van der Waals surface area contributed by atoms with E-state index in [2.05, 4.69) is 0 Å². The van der Waals surface area contributed by atoms with E-state index >= 15 is 0 Å². The van der Waals surface area contributed by atoms with Crippen molar-refractivity contribution in [3.63, 3.8) is 0 Å². The van der Waals surface area contributed by atoms with Crippen LogP contribution in [0.1, 0.15) is 37.7 Å². The van der Waals surface area contributed by atoms with Crippen LogP contribution in [0.5, 0.6) is 0 Å². The summed E-state index contributed by atoms with van der Waals surface area (Å²) < 4.78 is 0. The maximum Gasteiger partial charge on any atom is 0.272 e. The summed E-state index contributed by atoms with van der Waals surface area (Å²) in [5.41, 5.74) is 1.41. The molecule has 22 heavy (non-hydrogen) atoms. The van der Waals surface area contributed by atoms with E-state index in [1.165, 1.54) is 31.7 Å². The number of nitro groups is 1. The largest absolute Gasteiger partial charge is 0.315 e. The van der Waals surface area contributed by atoms with Crippen LogP contribution in [0, 0.1) is 34.8 Å². The molecule has 3 atom stereocenters. The van der Waals surface area contributed by atoms with Gasteiger partial charge in [0.05, 0.1) is 4.92 Å². The van der Waals surface area contributed by atoms with Gasteiger partial charge in [-0.15, -0.1) is 0 Å². The number of amides is 1. The fourth-order valence-corrected chi connectivity index (χ4v) is 4.18. The van der Waals surface area contributed by atoms with Crippen LogP contribution in [0.15, 0.2) is 18.2 Å². The molecule has 2 bridgehead atoms. The van der Waals surface area contributed by atoms with Crippen LogP contribution in [0.3, 0.4) is 0 Å². The predicted octanol–water partition coefficient (Wildman–Crippen LogP) is 3.69. The molecule has 118 valence electrons. The number of anilines is 1. The predicted molar refractivity (Wildman–Crippen MR) is 84.8 cm³/mol. The molecule has 2 aliphatic rings. The zero-order valence-corrected chi connectivity index (χ0v) is 13.1. The van der Waals surface area contributed by atoms with Gasteiger partial charge in [-0.2, -0.15) is 0 Å². The lowest BCUT2D eigenvalue weighted by Crippen LogP contribution is -2.29. The van der Waals surface area contributed by atoms with Crippen molar-refractivity contribution in [2.45, 2.75) is 39.0 Å². The quantitative estimate of drug-likeness (QED) is 0.629. The average Bonchev–Trinajstić information content (AvgIpc) is 3.08. The topological polar surface area (TPSA) is 63.5 Å². The van der Waals surface area contributed by atoms with Crippen LogP contribution in [-0.4, -0.2) is 17.9 Å². The van der Waals surface area contributed by atoms with Crippen molar-refractivity contribution >= 4 is 17.3 Å². The molecule has 0 N–H and O–H groups in total. The van der Waals surface area contributed by atoms with Crippen molar-refractivity contribution in [1.29, 1.82) is 0 Å². The second kappa shape index (κ2) is 5.71. The van der Waals surface area contributed by atoms with E-state index < -0.39 is 4.92 Å². The molecule has 0 heterocycles. The normalized spacial score (nSPS) is 26.2. The van der Waals surface area contributed by atoms with E-state index in [0.29, 0.717) is 17.9 Å². The van der Waals surface area contributed by atoms with Gasteiger partial charge in [0, 0.05) is 30.8 Å². The molecule has 1 aromatic rings. The molecule has 5 heteroatoms. The molecule has 2 aliphatic carbocycles. The number of fused-ring (bicyclic) bond motifs is 2. The van der Waals surface area contributed by atoms with Crippen LogP contribution < -0.4 is 4.90 Å². The first-order chi connectivity index (χ1) is 10.5. The Labute approximate surface area is 130 Å². The second-order valence-corrected chi connectivity index (χ2v) is 6.82. The highest BCUT2D eigenvalue weighted by Crippen LogP contribution is 2.49. The Morgan fingerprint density at radius 2 is 2.14 bits per heavy atom. The second-order valence-electron chi connectivity index (χ2n) is 6.82. The molecular weight excluding hydrogens is 280 g/mol. The summed E-state index contributed by atoms with van der Waals surface area (Å²) in [6, 6.07) is 4.85. The van der Waals surface area contributed by atoms with E-state index in [0.717, 1.165) is 17.5 Å². The Morgan fingerprint density at radius 1 is 1.36 bits per heavy atom. The van der Waals surface area contributed by atoms with Crippen LogP contribution in [-0.2, 0) is 4.79 Å². The maximum absolute atomic E-state index is 12.5. The van der Waals surface area contributed by atoms with Gasteiger partial charge < -0.3 is 4.90 Å². The van der Waals surface area contributed by atoms with Gasteiger partial charge in [0.15, 0.2) is 0 Å². The average molecular weight is 302 g/mol. The molecule has 3 rings (SSSR count). The van der Waals surface area contributed by atoms with E-state index in [9.17, 15) is 14.9 Å². The smallest absolute Gasteiger partial charge is 0.272 e. The molecule has 0 aromatic heterocycles. The lowest BCUT2D eigenvalue weighted by molar-refractivity contribution is -0.385. The van der Waals surface area contributed by atoms with Crippen molar-refractivity contribution in [2.24, 2.45) is 17.8 Å². The monoisotopic (exact) mass is 302 g/mol. The minimum absolute atomic E-state index is 0.0951.